The third kappa shape index (κ3) is 2.05. The van der Waals surface area contributed by atoms with Crippen molar-refractivity contribution < 1.29 is 0 Å². The minimum atomic E-state index is 0.703. The van der Waals surface area contributed by atoms with Crippen molar-refractivity contribution in [3.8, 4) is 0 Å². The molecule has 0 amide bonds. The Morgan fingerprint density at radius 1 is 1.38 bits per heavy atom. The minimum absolute atomic E-state index is 0.703. The average Bonchev–Trinajstić information content (AvgIpc) is 3.13. The van der Waals surface area contributed by atoms with Crippen LogP contribution in [0.1, 0.15) is 18.4 Å². The fourth-order valence-electron chi connectivity index (χ4n) is 2.54. The topological polar surface area (TPSA) is 28.2 Å². The Morgan fingerprint density at radius 3 is 3.00 bits per heavy atom. The number of nitrogens with one attached hydrogen (secondary N) is 1. The molecule has 0 aromatic carbocycles. The van der Waals surface area contributed by atoms with Gasteiger partial charge in [0, 0.05) is 31.9 Å². The minimum Gasteiger partial charge on any atom is -0.367 e. The molecule has 0 radical (unpaired) electrons. The summed E-state index contributed by atoms with van der Waals surface area (Å²) in [4.78, 5) is 6.75. The van der Waals surface area contributed by atoms with Gasteiger partial charge in [0.2, 0.25) is 0 Å². The Hall–Kier alpha value is -1.09. The highest BCUT2D eigenvalue weighted by Crippen LogP contribution is 2.34. The molecular weight excluding hydrogens is 198 g/mol. The number of hydrogen-bond acceptors (Lipinski definition) is 3. The van der Waals surface area contributed by atoms with Gasteiger partial charge < -0.3 is 10.2 Å². The van der Waals surface area contributed by atoms with Gasteiger partial charge in [0.1, 0.15) is 0 Å². The van der Waals surface area contributed by atoms with E-state index in [1.165, 1.54) is 24.1 Å². The Balaban J connectivity index is 1.73. The second kappa shape index (κ2) is 4.06. The van der Waals surface area contributed by atoms with E-state index in [1.807, 2.05) is 12.4 Å². The summed E-state index contributed by atoms with van der Waals surface area (Å²) in [5.41, 5.74) is 2.53. The zero-order valence-electron chi connectivity index (χ0n) is 9.82. The number of aryl methyl sites for hydroxylation is 1. The molecule has 1 unspecified atom stereocenters. The number of nitrogens with zero attached hydrogens (tertiary/aromatic N) is 2. The maximum Gasteiger partial charge on any atom is 0.0556 e. The van der Waals surface area contributed by atoms with E-state index in [0.717, 1.165) is 25.6 Å². The first-order valence-electron chi connectivity index (χ1n) is 6.23. The first kappa shape index (κ1) is 10.1. The van der Waals surface area contributed by atoms with Crippen LogP contribution < -0.4 is 10.2 Å². The van der Waals surface area contributed by atoms with Gasteiger partial charge in [0.25, 0.3) is 0 Å². The lowest BCUT2D eigenvalue weighted by Gasteiger charge is -2.35. The van der Waals surface area contributed by atoms with Crippen LogP contribution in [0.4, 0.5) is 5.69 Å². The fourth-order valence-corrected chi connectivity index (χ4v) is 2.54. The van der Waals surface area contributed by atoms with E-state index < -0.39 is 0 Å². The van der Waals surface area contributed by atoms with Crippen molar-refractivity contribution in [1.29, 1.82) is 0 Å². The Bertz CT molecular complexity index is 373. The maximum absolute atomic E-state index is 4.28. The molecule has 1 aromatic heterocycles. The van der Waals surface area contributed by atoms with Crippen LogP contribution >= 0.6 is 0 Å². The summed E-state index contributed by atoms with van der Waals surface area (Å²) >= 11 is 0. The SMILES string of the molecule is Cc1cncc(N2CCNC(C3CC3)C2)c1. The molecular formula is C13H19N3. The highest BCUT2D eigenvalue weighted by Gasteiger charge is 2.34. The summed E-state index contributed by atoms with van der Waals surface area (Å²) in [6.45, 7) is 5.47. The normalized spacial score (nSPS) is 25.8. The van der Waals surface area contributed by atoms with Gasteiger partial charge in [0.05, 0.1) is 11.9 Å². The third-order valence-corrected chi connectivity index (χ3v) is 3.62. The van der Waals surface area contributed by atoms with Gasteiger partial charge in [-0.15, -0.1) is 0 Å². The number of hydrogen-bond donors (Lipinski definition) is 1. The van der Waals surface area contributed by atoms with Crippen molar-refractivity contribution in [1.82, 2.24) is 10.3 Å². The Kier molecular flexibility index (Phi) is 2.56. The zero-order valence-corrected chi connectivity index (χ0v) is 9.82. The van der Waals surface area contributed by atoms with Gasteiger partial charge in [-0.3, -0.25) is 4.98 Å². The molecule has 86 valence electrons. The summed E-state index contributed by atoms with van der Waals surface area (Å²) < 4.78 is 0. The number of rotatable bonds is 2. The Labute approximate surface area is 96.9 Å². The van der Waals surface area contributed by atoms with Gasteiger partial charge >= 0.3 is 0 Å². The molecule has 2 aliphatic rings. The predicted molar refractivity (Wildman–Crippen MR) is 65.7 cm³/mol. The van der Waals surface area contributed by atoms with Crippen molar-refractivity contribution >= 4 is 5.69 Å². The quantitative estimate of drug-likeness (QED) is 0.815. The number of pyridine rings is 1. The smallest absolute Gasteiger partial charge is 0.0556 e. The fraction of sp³-hybridized carbons (Fsp3) is 0.615. The van der Waals surface area contributed by atoms with Gasteiger partial charge in [0.15, 0.2) is 0 Å². The van der Waals surface area contributed by atoms with E-state index in [1.54, 1.807) is 0 Å². The van der Waals surface area contributed by atoms with Crippen LogP contribution in [-0.2, 0) is 0 Å². The molecule has 1 saturated carbocycles. The van der Waals surface area contributed by atoms with Gasteiger partial charge in [-0.2, -0.15) is 0 Å². The first-order chi connectivity index (χ1) is 7.83. The second-order valence-corrected chi connectivity index (χ2v) is 5.06. The van der Waals surface area contributed by atoms with Crippen LogP contribution in [-0.4, -0.2) is 30.7 Å². The highest BCUT2D eigenvalue weighted by atomic mass is 15.2. The molecule has 1 atom stereocenters. The van der Waals surface area contributed by atoms with E-state index >= 15 is 0 Å². The molecule has 1 saturated heterocycles. The zero-order chi connectivity index (χ0) is 11.0. The van der Waals surface area contributed by atoms with E-state index in [9.17, 15) is 0 Å². The monoisotopic (exact) mass is 217 g/mol. The van der Waals surface area contributed by atoms with Gasteiger partial charge in [-0.25, -0.2) is 0 Å². The van der Waals surface area contributed by atoms with Crippen LogP contribution in [0.2, 0.25) is 0 Å². The molecule has 0 bridgehead atoms. The summed E-state index contributed by atoms with van der Waals surface area (Å²) in [5, 5.41) is 3.63. The molecule has 3 nitrogen and oxygen atoms in total. The van der Waals surface area contributed by atoms with Crippen molar-refractivity contribution in [2.45, 2.75) is 25.8 Å². The van der Waals surface area contributed by atoms with Crippen molar-refractivity contribution in [3.63, 3.8) is 0 Å². The van der Waals surface area contributed by atoms with Crippen LogP contribution in [0.5, 0.6) is 0 Å². The molecule has 2 fully saturated rings. The number of anilines is 1. The van der Waals surface area contributed by atoms with Crippen molar-refractivity contribution in [2.75, 3.05) is 24.5 Å². The Morgan fingerprint density at radius 2 is 2.25 bits per heavy atom. The lowest BCUT2D eigenvalue weighted by atomic mass is 10.1. The summed E-state index contributed by atoms with van der Waals surface area (Å²) in [6.07, 6.45) is 6.74. The average molecular weight is 217 g/mol. The summed E-state index contributed by atoms with van der Waals surface area (Å²) in [6, 6.07) is 2.94. The molecule has 1 N–H and O–H groups in total. The number of piperazine rings is 1. The highest BCUT2D eigenvalue weighted by molar-refractivity contribution is 5.46. The van der Waals surface area contributed by atoms with Crippen LogP contribution in [0.15, 0.2) is 18.5 Å². The van der Waals surface area contributed by atoms with Gasteiger partial charge in [-0.05, 0) is 37.3 Å². The first-order valence-corrected chi connectivity index (χ1v) is 6.23. The lowest BCUT2D eigenvalue weighted by molar-refractivity contribution is 0.418. The van der Waals surface area contributed by atoms with Crippen LogP contribution in [0.25, 0.3) is 0 Å². The van der Waals surface area contributed by atoms with Crippen molar-refractivity contribution in [2.24, 2.45) is 5.92 Å². The van der Waals surface area contributed by atoms with Crippen LogP contribution in [0, 0.1) is 12.8 Å². The molecule has 16 heavy (non-hydrogen) atoms. The predicted octanol–water partition coefficient (Wildman–Crippen LogP) is 1.58. The summed E-state index contributed by atoms with van der Waals surface area (Å²) in [5.74, 6) is 0.931. The van der Waals surface area contributed by atoms with Crippen LogP contribution in [0.3, 0.4) is 0 Å². The molecule has 3 rings (SSSR count). The molecule has 1 aliphatic carbocycles. The molecule has 1 aromatic rings. The lowest BCUT2D eigenvalue weighted by Crippen LogP contribution is -2.51. The summed E-state index contributed by atoms with van der Waals surface area (Å²) in [7, 11) is 0. The maximum atomic E-state index is 4.28. The standard InChI is InChI=1S/C13H19N3/c1-10-6-12(8-14-7-10)16-5-4-15-13(9-16)11-2-3-11/h6-8,11,13,15H,2-5,9H2,1H3. The molecule has 3 heteroatoms. The molecule has 0 spiro atoms. The number of aromatic nitrogens is 1. The molecule has 1 aliphatic heterocycles. The van der Waals surface area contributed by atoms with E-state index in [2.05, 4.69) is 28.2 Å². The molecule has 2 heterocycles. The van der Waals surface area contributed by atoms with E-state index in [-0.39, 0.29) is 0 Å². The second-order valence-electron chi connectivity index (χ2n) is 5.06. The van der Waals surface area contributed by atoms with E-state index in [0.29, 0.717) is 6.04 Å². The van der Waals surface area contributed by atoms with Gasteiger partial charge in [-0.1, -0.05) is 0 Å². The van der Waals surface area contributed by atoms with Crippen molar-refractivity contribution in [3.05, 3.63) is 24.0 Å². The third-order valence-electron chi connectivity index (χ3n) is 3.62. The largest absolute Gasteiger partial charge is 0.367 e. The van der Waals surface area contributed by atoms with E-state index in [4.69, 9.17) is 0 Å².